The monoisotopic (exact) mass is 634 g/mol. The van der Waals surface area contributed by atoms with Crippen LogP contribution in [0.4, 0.5) is 0 Å². The summed E-state index contributed by atoms with van der Waals surface area (Å²) < 4.78 is 12.3. The molecule has 2 aliphatic rings. The minimum absolute atomic E-state index is 0.0591. The van der Waals surface area contributed by atoms with Gasteiger partial charge in [0, 0.05) is 36.6 Å². The van der Waals surface area contributed by atoms with Gasteiger partial charge in [0.1, 0.15) is 18.5 Å². The Morgan fingerprint density at radius 2 is 1.95 bits per heavy atom. The molecule has 9 nitrogen and oxygen atoms in total. The van der Waals surface area contributed by atoms with Gasteiger partial charge in [0.05, 0.1) is 23.3 Å². The van der Waals surface area contributed by atoms with Crippen molar-refractivity contribution in [2.75, 3.05) is 20.3 Å². The van der Waals surface area contributed by atoms with Crippen LogP contribution in [0.5, 0.6) is 11.5 Å². The first-order valence-electron chi connectivity index (χ1n) is 12.5. The molecule has 0 saturated heterocycles. The number of amides is 2. The van der Waals surface area contributed by atoms with Gasteiger partial charge in [-0.05, 0) is 59.2 Å². The van der Waals surface area contributed by atoms with Crippen LogP contribution >= 0.6 is 22.6 Å². The summed E-state index contributed by atoms with van der Waals surface area (Å²) in [6, 6.07) is 12.0. The molecule has 0 spiro atoms. The average Bonchev–Trinajstić information content (AvgIpc) is 3.78. The molecule has 1 fully saturated rings. The highest BCUT2D eigenvalue weighted by atomic mass is 127. The number of methoxy groups -OCH3 is 1. The highest BCUT2D eigenvalue weighted by Gasteiger charge is 2.44. The Bertz CT molecular complexity index is 1200. The van der Waals surface area contributed by atoms with Gasteiger partial charge >= 0.3 is 0 Å². The van der Waals surface area contributed by atoms with Crippen LogP contribution in [0.3, 0.4) is 0 Å². The lowest BCUT2D eigenvalue weighted by molar-refractivity contribution is -0.140. The Hall–Kier alpha value is -2.96. The number of rotatable bonds is 11. The molecule has 2 aliphatic carbocycles. The zero-order valence-electron chi connectivity index (χ0n) is 21.0. The molecule has 3 unspecified atom stereocenters. The molecule has 2 aromatic carbocycles. The number of hydrogen-bond acceptors (Lipinski definition) is 7. The highest BCUT2D eigenvalue weighted by molar-refractivity contribution is 14.1. The number of carbonyl (C=O) groups excluding carboxylic acids is 3. The summed E-state index contributed by atoms with van der Waals surface area (Å²) in [7, 11) is 1.45. The lowest BCUT2D eigenvalue weighted by Crippen LogP contribution is -2.55. The van der Waals surface area contributed by atoms with Crippen molar-refractivity contribution in [1.29, 1.82) is 0 Å². The molecule has 3 atom stereocenters. The molecule has 0 bridgehead atoms. The minimum atomic E-state index is -1.15. The number of nitrogens with one attached hydrogen (secondary N) is 1. The highest BCUT2D eigenvalue weighted by Crippen LogP contribution is 2.38. The van der Waals surface area contributed by atoms with E-state index in [4.69, 9.17) is 9.47 Å². The van der Waals surface area contributed by atoms with E-state index in [0.29, 0.717) is 32.5 Å². The Kier molecular flexibility index (Phi) is 9.40. The lowest BCUT2D eigenvalue weighted by atomic mass is 9.87. The summed E-state index contributed by atoms with van der Waals surface area (Å²) in [4.78, 5) is 39.4. The zero-order chi connectivity index (χ0) is 27.2. The maximum absolute atomic E-state index is 13.5. The summed E-state index contributed by atoms with van der Waals surface area (Å²) in [5.74, 6) is 0.0677. The van der Waals surface area contributed by atoms with Crippen LogP contribution in [0.2, 0.25) is 0 Å². The minimum Gasteiger partial charge on any atom is -0.493 e. The van der Waals surface area contributed by atoms with Crippen molar-refractivity contribution in [1.82, 2.24) is 10.2 Å². The SMILES string of the molecule is COc1cc(C=O)cc(I)c1OC1C=C(C(=O)NCCO)CC(N(Cc2ccccc2)C(=O)C2CC2)C1O. The smallest absolute Gasteiger partial charge is 0.247 e. The normalized spacial score (nSPS) is 20.7. The zero-order valence-corrected chi connectivity index (χ0v) is 23.2. The summed E-state index contributed by atoms with van der Waals surface area (Å²) >= 11 is 2.02. The van der Waals surface area contributed by atoms with Gasteiger partial charge in [-0.1, -0.05) is 30.3 Å². The van der Waals surface area contributed by atoms with E-state index in [1.165, 1.54) is 13.2 Å². The van der Waals surface area contributed by atoms with Crippen LogP contribution in [0.1, 0.15) is 35.2 Å². The second-order valence-electron chi connectivity index (χ2n) is 9.39. The topological polar surface area (TPSA) is 125 Å². The van der Waals surface area contributed by atoms with Gasteiger partial charge in [-0.15, -0.1) is 0 Å². The number of carbonyl (C=O) groups is 3. The molecule has 0 aromatic heterocycles. The molecular formula is C28H31IN2O7. The molecule has 2 amide bonds. The van der Waals surface area contributed by atoms with Crippen molar-refractivity contribution < 1.29 is 34.1 Å². The molecule has 1 saturated carbocycles. The van der Waals surface area contributed by atoms with Crippen LogP contribution in [0, 0.1) is 9.49 Å². The van der Waals surface area contributed by atoms with Gasteiger partial charge in [0.25, 0.3) is 0 Å². The van der Waals surface area contributed by atoms with Crippen LogP contribution in [0.15, 0.2) is 54.1 Å². The van der Waals surface area contributed by atoms with E-state index in [1.54, 1.807) is 17.0 Å². The van der Waals surface area contributed by atoms with E-state index >= 15 is 0 Å². The largest absolute Gasteiger partial charge is 0.493 e. The maximum atomic E-state index is 13.5. The van der Waals surface area contributed by atoms with Crippen molar-refractivity contribution in [3.05, 3.63) is 68.8 Å². The third-order valence-corrected chi connectivity index (χ3v) is 7.46. The number of benzene rings is 2. The number of aliphatic hydroxyl groups is 2. The van der Waals surface area contributed by atoms with Gasteiger partial charge in [-0.25, -0.2) is 0 Å². The first-order chi connectivity index (χ1) is 18.4. The standard InChI is InChI=1S/C28H31IN2O7/c1-37-24-12-18(16-33)11-21(29)26(24)38-23-14-20(27(35)30-9-10-32)13-22(25(23)34)31(28(36)19-7-8-19)15-17-5-3-2-4-6-17/h2-6,11-12,14,16,19,22-23,25,32,34H,7-10,13,15H2,1H3,(H,30,35). The van der Waals surface area contributed by atoms with Gasteiger partial charge in [-0.3, -0.25) is 14.4 Å². The van der Waals surface area contributed by atoms with Crippen LogP contribution in [-0.4, -0.2) is 71.7 Å². The number of ether oxygens (including phenoxy) is 2. The number of aldehydes is 1. The van der Waals surface area contributed by atoms with E-state index in [2.05, 4.69) is 5.32 Å². The Labute approximate surface area is 234 Å². The first-order valence-corrected chi connectivity index (χ1v) is 13.6. The molecule has 10 heteroatoms. The third kappa shape index (κ3) is 6.54. The second kappa shape index (κ2) is 12.7. The maximum Gasteiger partial charge on any atom is 0.247 e. The quantitative estimate of drug-likeness (QED) is 0.256. The predicted molar refractivity (Wildman–Crippen MR) is 148 cm³/mol. The Balaban J connectivity index is 1.71. The van der Waals surface area contributed by atoms with Gasteiger partial charge in [0.2, 0.25) is 11.8 Å². The van der Waals surface area contributed by atoms with Gasteiger partial charge in [0.15, 0.2) is 11.5 Å². The number of aliphatic hydroxyl groups excluding tert-OH is 2. The number of nitrogens with zero attached hydrogens (tertiary/aromatic N) is 1. The molecule has 2 aromatic rings. The van der Waals surface area contributed by atoms with Gasteiger partial charge in [-0.2, -0.15) is 0 Å². The van der Waals surface area contributed by atoms with Crippen LogP contribution < -0.4 is 14.8 Å². The fraction of sp³-hybridized carbons (Fsp3) is 0.393. The number of hydrogen-bond donors (Lipinski definition) is 3. The van der Waals surface area contributed by atoms with E-state index in [9.17, 15) is 24.6 Å². The molecule has 38 heavy (non-hydrogen) atoms. The molecule has 0 radical (unpaired) electrons. The first kappa shape index (κ1) is 28.1. The van der Waals surface area contributed by atoms with Crippen LogP contribution in [-0.2, 0) is 16.1 Å². The van der Waals surface area contributed by atoms with E-state index in [0.717, 1.165) is 18.4 Å². The van der Waals surface area contributed by atoms with Crippen LogP contribution in [0.25, 0.3) is 0 Å². The van der Waals surface area contributed by atoms with Crippen molar-refractivity contribution in [3.63, 3.8) is 0 Å². The third-order valence-electron chi connectivity index (χ3n) is 6.66. The van der Waals surface area contributed by atoms with E-state index in [-0.39, 0.29) is 37.9 Å². The Morgan fingerprint density at radius 1 is 1.21 bits per heavy atom. The molecule has 202 valence electrons. The Morgan fingerprint density at radius 3 is 2.58 bits per heavy atom. The molecule has 0 aliphatic heterocycles. The molecule has 3 N–H and O–H groups in total. The summed E-state index contributed by atoms with van der Waals surface area (Å²) in [6.45, 7) is 0.136. The molecular weight excluding hydrogens is 603 g/mol. The van der Waals surface area contributed by atoms with Gasteiger partial charge < -0.3 is 29.9 Å². The summed E-state index contributed by atoms with van der Waals surface area (Å²) in [6.07, 6.45) is 1.84. The van der Waals surface area contributed by atoms with Crippen molar-refractivity contribution >= 4 is 40.7 Å². The molecule has 0 heterocycles. The summed E-state index contributed by atoms with van der Waals surface area (Å²) in [5.41, 5.74) is 1.66. The second-order valence-corrected chi connectivity index (χ2v) is 10.6. The summed E-state index contributed by atoms with van der Waals surface area (Å²) in [5, 5.41) is 23.4. The lowest BCUT2D eigenvalue weighted by Gasteiger charge is -2.41. The number of halogens is 1. The fourth-order valence-corrected chi connectivity index (χ4v) is 5.29. The van der Waals surface area contributed by atoms with Crippen molar-refractivity contribution in [2.24, 2.45) is 5.92 Å². The van der Waals surface area contributed by atoms with Crippen molar-refractivity contribution in [2.45, 2.75) is 44.1 Å². The predicted octanol–water partition coefficient (Wildman–Crippen LogP) is 2.47. The van der Waals surface area contributed by atoms with E-state index in [1.807, 2.05) is 52.9 Å². The van der Waals surface area contributed by atoms with E-state index < -0.39 is 24.2 Å². The molecule has 4 rings (SSSR count). The fourth-order valence-electron chi connectivity index (χ4n) is 4.54. The van der Waals surface area contributed by atoms with Crippen molar-refractivity contribution in [3.8, 4) is 11.5 Å². The average molecular weight is 634 g/mol.